The summed E-state index contributed by atoms with van der Waals surface area (Å²) in [5, 5.41) is 0.656. The maximum atomic E-state index is 12.6. The van der Waals surface area contributed by atoms with Crippen LogP contribution in [0, 0.1) is 0 Å². The molecule has 27 heavy (non-hydrogen) atoms. The number of imidazole rings is 1. The highest BCUT2D eigenvalue weighted by Crippen LogP contribution is 2.18. The molecule has 0 N–H and O–H groups in total. The van der Waals surface area contributed by atoms with Crippen LogP contribution in [0.3, 0.4) is 0 Å². The van der Waals surface area contributed by atoms with E-state index in [-0.39, 0.29) is 5.91 Å². The van der Waals surface area contributed by atoms with Gasteiger partial charge < -0.3 is 9.30 Å². The normalized spacial score (nSPS) is 15.4. The first kappa shape index (κ1) is 18.5. The van der Waals surface area contributed by atoms with Crippen LogP contribution >= 0.6 is 27.5 Å². The quantitative estimate of drug-likeness (QED) is 0.613. The van der Waals surface area contributed by atoms with Crippen molar-refractivity contribution in [3.63, 3.8) is 0 Å². The number of hydrogen-bond acceptors (Lipinski definition) is 3. The standard InChI is InChI=1S/C20H20BrClN4O/c21-16-5-6-19-23-17(14-26(19)12-16)13-24-7-9-25(10-8-24)20(27)11-15-3-1-2-4-18(15)22/h1-6,12,14H,7-11,13H2. The molecule has 1 amide bonds. The molecule has 0 atom stereocenters. The number of fused-ring (bicyclic) bond motifs is 1. The fourth-order valence-electron chi connectivity index (χ4n) is 3.39. The Kier molecular flexibility index (Phi) is 5.48. The Balaban J connectivity index is 1.33. The Hall–Kier alpha value is -1.89. The molecule has 1 aliphatic rings. The van der Waals surface area contributed by atoms with E-state index in [9.17, 15) is 4.79 Å². The first-order valence-corrected chi connectivity index (χ1v) is 10.1. The predicted molar refractivity (Wildman–Crippen MR) is 110 cm³/mol. The van der Waals surface area contributed by atoms with E-state index < -0.39 is 0 Å². The number of pyridine rings is 1. The van der Waals surface area contributed by atoms with Crippen LogP contribution in [0.4, 0.5) is 0 Å². The summed E-state index contributed by atoms with van der Waals surface area (Å²) in [7, 11) is 0. The molecule has 0 unspecified atom stereocenters. The van der Waals surface area contributed by atoms with Gasteiger partial charge in [0.15, 0.2) is 0 Å². The molecule has 5 nitrogen and oxygen atoms in total. The van der Waals surface area contributed by atoms with Gasteiger partial charge in [-0.05, 0) is 39.7 Å². The van der Waals surface area contributed by atoms with E-state index in [0.29, 0.717) is 11.4 Å². The Morgan fingerprint density at radius 1 is 1.07 bits per heavy atom. The molecule has 3 aromatic rings. The van der Waals surface area contributed by atoms with Crippen molar-refractivity contribution < 1.29 is 4.79 Å². The molecule has 1 aliphatic heterocycles. The number of nitrogens with zero attached hydrogens (tertiary/aromatic N) is 4. The molecule has 1 saturated heterocycles. The molecule has 1 fully saturated rings. The van der Waals surface area contributed by atoms with Crippen LogP contribution < -0.4 is 0 Å². The fourth-order valence-corrected chi connectivity index (χ4v) is 3.95. The molecular weight excluding hydrogens is 428 g/mol. The van der Waals surface area contributed by atoms with Crippen LogP contribution in [0.25, 0.3) is 5.65 Å². The van der Waals surface area contributed by atoms with Crippen molar-refractivity contribution in [1.29, 1.82) is 0 Å². The molecule has 7 heteroatoms. The summed E-state index contributed by atoms with van der Waals surface area (Å²) < 4.78 is 3.06. The smallest absolute Gasteiger partial charge is 0.227 e. The molecule has 140 valence electrons. The van der Waals surface area contributed by atoms with Crippen LogP contribution in [-0.4, -0.2) is 51.3 Å². The average molecular weight is 448 g/mol. The Bertz CT molecular complexity index is 966. The molecule has 2 aromatic heterocycles. The Labute approximate surface area is 171 Å². The van der Waals surface area contributed by atoms with Crippen molar-refractivity contribution in [2.75, 3.05) is 26.2 Å². The molecule has 0 radical (unpaired) electrons. The summed E-state index contributed by atoms with van der Waals surface area (Å²) in [5.74, 6) is 0.139. The van der Waals surface area contributed by atoms with Gasteiger partial charge in [-0.2, -0.15) is 0 Å². The number of benzene rings is 1. The number of halogens is 2. The van der Waals surface area contributed by atoms with Gasteiger partial charge in [0.2, 0.25) is 5.91 Å². The minimum absolute atomic E-state index is 0.139. The average Bonchev–Trinajstić information content (AvgIpc) is 3.05. The highest BCUT2D eigenvalue weighted by atomic mass is 79.9. The van der Waals surface area contributed by atoms with Gasteiger partial charge in [0.05, 0.1) is 12.1 Å². The number of hydrogen-bond donors (Lipinski definition) is 0. The van der Waals surface area contributed by atoms with Crippen LogP contribution in [0.2, 0.25) is 5.02 Å². The zero-order valence-corrected chi connectivity index (χ0v) is 17.2. The predicted octanol–water partition coefficient (Wildman–Crippen LogP) is 3.64. The summed E-state index contributed by atoms with van der Waals surface area (Å²) >= 11 is 9.66. The van der Waals surface area contributed by atoms with Crippen molar-refractivity contribution in [2.24, 2.45) is 0 Å². The van der Waals surface area contributed by atoms with Gasteiger partial charge in [0, 0.05) is 54.6 Å². The van der Waals surface area contributed by atoms with Crippen LogP contribution in [-0.2, 0) is 17.8 Å². The third-order valence-corrected chi connectivity index (χ3v) is 5.71. The lowest BCUT2D eigenvalue weighted by Gasteiger charge is -2.34. The molecule has 0 bridgehead atoms. The van der Waals surface area contributed by atoms with Crippen molar-refractivity contribution in [1.82, 2.24) is 19.2 Å². The molecule has 0 aliphatic carbocycles. The van der Waals surface area contributed by atoms with E-state index in [4.69, 9.17) is 11.6 Å². The lowest BCUT2D eigenvalue weighted by Crippen LogP contribution is -2.48. The number of piperazine rings is 1. The third kappa shape index (κ3) is 4.34. The van der Waals surface area contributed by atoms with Gasteiger partial charge >= 0.3 is 0 Å². The highest BCUT2D eigenvalue weighted by molar-refractivity contribution is 9.10. The van der Waals surface area contributed by atoms with Crippen LogP contribution in [0.1, 0.15) is 11.3 Å². The monoisotopic (exact) mass is 446 g/mol. The summed E-state index contributed by atoms with van der Waals surface area (Å²) in [6, 6.07) is 11.5. The first-order chi connectivity index (χ1) is 13.1. The van der Waals surface area contributed by atoms with E-state index in [0.717, 1.165) is 54.1 Å². The highest BCUT2D eigenvalue weighted by Gasteiger charge is 2.22. The number of amides is 1. The zero-order chi connectivity index (χ0) is 18.8. The van der Waals surface area contributed by atoms with Crippen LogP contribution in [0.5, 0.6) is 0 Å². The lowest BCUT2D eigenvalue weighted by atomic mass is 10.1. The summed E-state index contributed by atoms with van der Waals surface area (Å²) in [6.45, 7) is 3.98. The zero-order valence-electron chi connectivity index (χ0n) is 14.8. The van der Waals surface area contributed by atoms with Crippen molar-refractivity contribution in [3.8, 4) is 0 Å². The summed E-state index contributed by atoms with van der Waals surface area (Å²) in [6.07, 6.45) is 4.44. The maximum Gasteiger partial charge on any atom is 0.227 e. The number of carbonyl (C=O) groups excluding carboxylic acids is 1. The van der Waals surface area contributed by atoms with Gasteiger partial charge in [-0.15, -0.1) is 0 Å². The van der Waals surface area contributed by atoms with E-state index >= 15 is 0 Å². The molecule has 3 heterocycles. The van der Waals surface area contributed by atoms with E-state index in [1.807, 2.05) is 51.9 Å². The number of aromatic nitrogens is 2. The topological polar surface area (TPSA) is 40.9 Å². The summed E-state index contributed by atoms with van der Waals surface area (Å²) in [4.78, 5) is 21.5. The van der Waals surface area contributed by atoms with Gasteiger partial charge in [0.1, 0.15) is 5.65 Å². The molecule has 1 aromatic carbocycles. The second-order valence-electron chi connectivity index (χ2n) is 6.77. The van der Waals surface area contributed by atoms with Gasteiger partial charge in [-0.3, -0.25) is 9.69 Å². The van der Waals surface area contributed by atoms with Gasteiger partial charge in [-0.25, -0.2) is 4.98 Å². The third-order valence-electron chi connectivity index (χ3n) is 4.87. The van der Waals surface area contributed by atoms with Crippen molar-refractivity contribution in [2.45, 2.75) is 13.0 Å². The van der Waals surface area contributed by atoms with Crippen LogP contribution in [0.15, 0.2) is 53.3 Å². The van der Waals surface area contributed by atoms with Gasteiger partial charge in [-0.1, -0.05) is 29.8 Å². The molecule has 4 rings (SSSR count). The van der Waals surface area contributed by atoms with E-state index in [1.165, 1.54) is 0 Å². The molecule has 0 saturated carbocycles. The van der Waals surface area contributed by atoms with Gasteiger partial charge in [0.25, 0.3) is 0 Å². The van der Waals surface area contributed by atoms with Crippen molar-refractivity contribution in [3.05, 3.63) is 69.5 Å². The SMILES string of the molecule is O=C(Cc1ccccc1Cl)N1CCN(Cc2cn3cc(Br)ccc3n2)CC1. The van der Waals surface area contributed by atoms with E-state index in [2.05, 4.69) is 32.0 Å². The minimum Gasteiger partial charge on any atom is -0.340 e. The molecule has 0 spiro atoms. The summed E-state index contributed by atoms with van der Waals surface area (Å²) in [5.41, 5.74) is 2.88. The largest absolute Gasteiger partial charge is 0.340 e. The molecular formula is C20H20BrClN4O. The lowest BCUT2D eigenvalue weighted by molar-refractivity contribution is -0.132. The Morgan fingerprint density at radius 3 is 2.63 bits per heavy atom. The maximum absolute atomic E-state index is 12.6. The van der Waals surface area contributed by atoms with Crippen molar-refractivity contribution >= 4 is 39.1 Å². The van der Waals surface area contributed by atoms with E-state index in [1.54, 1.807) is 0 Å². The fraction of sp³-hybridized carbons (Fsp3) is 0.300. The number of carbonyl (C=O) groups is 1. The first-order valence-electron chi connectivity index (χ1n) is 8.95. The number of rotatable bonds is 4. The minimum atomic E-state index is 0.139. The second-order valence-corrected chi connectivity index (χ2v) is 8.09. The Morgan fingerprint density at radius 2 is 1.85 bits per heavy atom. The second kappa shape index (κ2) is 8.00.